The second kappa shape index (κ2) is 7.56. The Kier molecular flexibility index (Phi) is 5.49. The molecule has 116 valence electrons. The Morgan fingerprint density at radius 3 is 3.09 bits per heavy atom. The minimum Gasteiger partial charge on any atom is -0.337 e. The molecule has 2 amide bonds. The number of nitriles is 1. The lowest BCUT2D eigenvalue weighted by Gasteiger charge is -2.10. The summed E-state index contributed by atoms with van der Waals surface area (Å²) in [4.78, 5) is 16.2. The van der Waals surface area contributed by atoms with E-state index in [9.17, 15) is 4.79 Å². The van der Waals surface area contributed by atoms with E-state index in [-0.39, 0.29) is 11.9 Å². The zero-order valence-electron chi connectivity index (χ0n) is 12.5. The number of nitrogens with one attached hydrogen (secondary N) is 2. The van der Waals surface area contributed by atoms with E-state index in [1.165, 1.54) is 0 Å². The Morgan fingerprint density at radius 1 is 1.59 bits per heavy atom. The highest BCUT2D eigenvalue weighted by molar-refractivity contribution is 7.09. The Bertz CT molecular complexity index is 671. The van der Waals surface area contributed by atoms with Gasteiger partial charge in [-0.3, -0.25) is 10.00 Å². The van der Waals surface area contributed by atoms with E-state index in [1.807, 2.05) is 19.2 Å². The number of carbonyl (C=O) groups is 1. The fourth-order valence-electron chi connectivity index (χ4n) is 1.81. The van der Waals surface area contributed by atoms with Crippen LogP contribution in [0.25, 0.3) is 0 Å². The lowest BCUT2D eigenvalue weighted by Crippen LogP contribution is -2.31. The number of carbonyl (C=O) groups excluding carboxylic acids is 1. The molecule has 2 aromatic rings. The maximum Gasteiger partial charge on any atom is 0.320 e. The van der Waals surface area contributed by atoms with E-state index in [2.05, 4.69) is 26.8 Å². The summed E-state index contributed by atoms with van der Waals surface area (Å²) in [5.41, 5.74) is 0.999. The quantitative estimate of drug-likeness (QED) is 0.855. The van der Waals surface area contributed by atoms with Gasteiger partial charge in [0, 0.05) is 35.8 Å². The number of hydrogen-bond acceptors (Lipinski definition) is 5. The van der Waals surface area contributed by atoms with Crippen molar-refractivity contribution in [3.05, 3.63) is 28.3 Å². The van der Waals surface area contributed by atoms with Gasteiger partial charge < -0.3 is 5.32 Å². The molecule has 0 aliphatic carbocycles. The van der Waals surface area contributed by atoms with Gasteiger partial charge in [0.2, 0.25) is 0 Å². The van der Waals surface area contributed by atoms with Crippen molar-refractivity contribution in [1.82, 2.24) is 20.1 Å². The van der Waals surface area contributed by atoms with Gasteiger partial charge in [0.15, 0.2) is 5.82 Å². The standard InChI is InChI=1S/C14H18N6OS/c1-10(13-17-11(2)9-22-13)8-16-14(21)18-12-4-7-20(19-12)6-3-5-15/h4,7,9-10H,3,6,8H2,1-2H3,(H2,16,18,19,21)/t10-/m0/s1. The monoisotopic (exact) mass is 318 g/mol. The predicted octanol–water partition coefficient (Wildman–Crippen LogP) is 2.49. The minimum atomic E-state index is -0.300. The summed E-state index contributed by atoms with van der Waals surface area (Å²) >= 11 is 1.60. The van der Waals surface area contributed by atoms with Crippen LogP contribution in [0.1, 0.15) is 30.0 Å². The number of aromatic nitrogens is 3. The average Bonchev–Trinajstić information content (AvgIpc) is 3.11. The van der Waals surface area contributed by atoms with Crippen LogP contribution in [-0.4, -0.2) is 27.3 Å². The number of thiazole rings is 1. The molecular weight excluding hydrogens is 300 g/mol. The van der Waals surface area contributed by atoms with Crippen molar-refractivity contribution in [3.63, 3.8) is 0 Å². The van der Waals surface area contributed by atoms with Gasteiger partial charge in [-0.15, -0.1) is 11.3 Å². The van der Waals surface area contributed by atoms with Crippen LogP contribution in [0.4, 0.5) is 10.6 Å². The topological polar surface area (TPSA) is 95.6 Å². The van der Waals surface area contributed by atoms with Crippen LogP contribution in [0.3, 0.4) is 0 Å². The number of amides is 2. The first-order valence-electron chi connectivity index (χ1n) is 6.95. The molecule has 0 radical (unpaired) electrons. The Hall–Kier alpha value is -2.40. The second-order valence-corrected chi connectivity index (χ2v) is 5.83. The molecular formula is C14H18N6OS. The number of aryl methyl sites for hydroxylation is 2. The van der Waals surface area contributed by atoms with E-state index in [1.54, 1.807) is 28.3 Å². The molecule has 0 aliphatic rings. The number of urea groups is 1. The molecule has 2 rings (SSSR count). The number of anilines is 1. The summed E-state index contributed by atoms with van der Waals surface area (Å²) in [5, 5.41) is 21.2. The second-order valence-electron chi connectivity index (χ2n) is 4.94. The van der Waals surface area contributed by atoms with Crippen LogP contribution in [-0.2, 0) is 6.54 Å². The van der Waals surface area contributed by atoms with E-state index >= 15 is 0 Å². The van der Waals surface area contributed by atoms with Gasteiger partial charge in [-0.2, -0.15) is 10.4 Å². The highest BCUT2D eigenvalue weighted by Gasteiger charge is 2.11. The van der Waals surface area contributed by atoms with Crippen LogP contribution >= 0.6 is 11.3 Å². The van der Waals surface area contributed by atoms with Crippen molar-refractivity contribution in [2.24, 2.45) is 0 Å². The van der Waals surface area contributed by atoms with Gasteiger partial charge in [-0.1, -0.05) is 6.92 Å². The van der Waals surface area contributed by atoms with Crippen LogP contribution in [0.15, 0.2) is 17.6 Å². The smallest absolute Gasteiger partial charge is 0.320 e. The number of rotatable bonds is 6. The average molecular weight is 318 g/mol. The van der Waals surface area contributed by atoms with E-state index in [4.69, 9.17) is 5.26 Å². The van der Waals surface area contributed by atoms with Gasteiger partial charge in [-0.05, 0) is 6.92 Å². The molecule has 2 N–H and O–H groups in total. The zero-order chi connectivity index (χ0) is 15.9. The molecule has 0 aliphatic heterocycles. The minimum absolute atomic E-state index is 0.164. The fourth-order valence-corrected chi connectivity index (χ4v) is 2.67. The summed E-state index contributed by atoms with van der Waals surface area (Å²) in [7, 11) is 0. The van der Waals surface area contributed by atoms with Crippen molar-refractivity contribution >= 4 is 23.2 Å². The van der Waals surface area contributed by atoms with Crippen molar-refractivity contribution in [3.8, 4) is 6.07 Å². The summed E-state index contributed by atoms with van der Waals surface area (Å²) in [6.07, 6.45) is 2.12. The molecule has 0 aromatic carbocycles. The molecule has 0 fully saturated rings. The van der Waals surface area contributed by atoms with Gasteiger partial charge >= 0.3 is 6.03 Å². The predicted molar refractivity (Wildman–Crippen MR) is 84.7 cm³/mol. The lowest BCUT2D eigenvalue weighted by molar-refractivity contribution is 0.251. The first kappa shape index (κ1) is 16.0. The summed E-state index contributed by atoms with van der Waals surface area (Å²) in [5.74, 6) is 0.630. The van der Waals surface area contributed by atoms with Crippen LogP contribution < -0.4 is 10.6 Å². The van der Waals surface area contributed by atoms with Crippen molar-refractivity contribution < 1.29 is 4.79 Å². The first-order chi connectivity index (χ1) is 10.6. The third kappa shape index (κ3) is 4.56. The molecule has 0 bridgehead atoms. The van der Waals surface area contributed by atoms with E-state index in [0.29, 0.717) is 25.3 Å². The third-order valence-electron chi connectivity index (χ3n) is 2.96. The highest BCUT2D eigenvalue weighted by atomic mass is 32.1. The summed E-state index contributed by atoms with van der Waals surface area (Å²) < 4.78 is 1.62. The van der Waals surface area contributed by atoms with Crippen molar-refractivity contribution in [2.75, 3.05) is 11.9 Å². The van der Waals surface area contributed by atoms with Crippen molar-refractivity contribution in [2.45, 2.75) is 32.7 Å². The molecule has 2 heterocycles. The molecule has 22 heavy (non-hydrogen) atoms. The zero-order valence-corrected chi connectivity index (χ0v) is 13.4. The van der Waals surface area contributed by atoms with Gasteiger partial charge in [-0.25, -0.2) is 9.78 Å². The molecule has 0 spiro atoms. The SMILES string of the molecule is Cc1csc([C@@H](C)CNC(=O)Nc2ccn(CCC#N)n2)n1. The van der Waals surface area contributed by atoms with Crippen molar-refractivity contribution in [1.29, 1.82) is 5.26 Å². The summed E-state index contributed by atoms with van der Waals surface area (Å²) in [6, 6.07) is 3.45. The largest absolute Gasteiger partial charge is 0.337 e. The van der Waals surface area contributed by atoms with E-state index in [0.717, 1.165) is 10.7 Å². The summed E-state index contributed by atoms with van der Waals surface area (Å²) in [6.45, 7) is 5.00. The van der Waals surface area contributed by atoms with Crippen LogP contribution in [0.2, 0.25) is 0 Å². The lowest BCUT2D eigenvalue weighted by atomic mass is 10.2. The van der Waals surface area contributed by atoms with Gasteiger partial charge in [0.1, 0.15) is 0 Å². The van der Waals surface area contributed by atoms with Crippen LogP contribution in [0, 0.1) is 18.3 Å². The molecule has 8 heteroatoms. The normalized spacial score (nSPS) is 11.7. The Morgan fingerprint density at radius 2 is 2.41 bits per heavy atom. The maximum absolute atomic E-state index is 11.8. The Labute approximate surface area is 133 Å². The first-order valence-corrected chi connectivity index (χ1v) is 7.83. The molecule has 2 aromatic heterocycles. The molecule has 1 atom stereocenters. The maximum atomic E-state index is 11.8. The third-order valence-corrected chi connectivity index (χ3v) is 4.16. The Balaban J connectivity index is 1.78. The molecule has 0 saturated carbocycles. The number of nitrogens with zero attached hydrogens (tertiary/aromatic N) is 4. The van der Waals surface area contributed by atoms with Gasteiger partial charge in [0.05, 0.1) is 24.0 Å². The number of hydrogen-bond donors (Lipinski definition) is 2. The molecule has 0 saturated heterocycles. The molecule has 7 nitrogen and oxygen atoms in total. The highest BCUT2D eigenvalue weighted by Crippen LogP contribution is 2.18. The van der Waals surface area contributed by atoms with Gasteiger partial charge in [0.25, 0.3) is 0 Å². The van der Waals surface area contributed by atoms with E-state index < -0.39 is 0 Å². The van der Waals surface area contributed by atoms with Crippen LogP contribution in [0.5, 0.6) is 0 Å². The molecule has 0 unspecified atom stereocenters. The fraction of sp³-hybridized carbons (Fsp3) is 0.429.